The second-order valence-corrected chi connectivity index (χ2v) is 10.3. The maximum atomic E-state index is 13.1. The number of carbonyl (C=O) groups excluding carboxylic acids is 1. The fraction of sp³-hybridized carbons (Fsp3) is 0.545. The summed E-state index contributed by atoms with van der Waals surface area (Å²) in [6, 6.07) is 5.65. The number of sulfone groups is 1. The molecule has 2 aliphatic rings. The monoisotopic (exact) mass is 431 g/mol. The normalized spacial score (nSPS) is 17.5. The van der Waals surface area contributed by atoms with Crippen LogP contribution in [0.2, 0.25) is 0 Å². The number of anilines is 1. The zero-order chi connectivity index (χ0) is 21.3. The fourth-order valence-corrected chi connectivity index (χ4v) is 5.74. The van der Waals surface area contributed by atoms with Crippen LogP contribution in [-0.2, 0) is 21.1 Å². The average molecular weight is 432 g/mol. The zero-order valence-corrected chi connectivity index (χ0v) is 18.4. The van der Waals surface area contributed by atoms with Crippen LogP contribution in [0.15, 0.2) is 23.4 Å². The molecule has 7 nitrogen and oxygen atoms in total. The van der Waals surface area contributed by atoms with Crippen molar-refractivity contribution >= 4 is 21.4 Å². The van der Waals surface area contributed by atoms with Gasteiger partial charge in [0, 0.05) is 23.8 Å². The fourth-order valence-electron chi connectivity index (χ4n) is 4.39. The molecule has 2 heterocycles. The van der Waals surface area contributed by atoms with Crippen LogP contribution in [0.1, 0.15) is 61.5 Å². The molecule has 1 fully saturated rings. The van der Waals surface area contributed by atoms with E-state index in [1.807, 2.05) is 24.5 Å². The van der Waals surface area contributed by atoms with Crippen molar-refractivity contribution in [3.05, 3.63) is 35.2 Å². The smallest absolute Gasteiger partial charge is 0.228 e. The predicted molar refractivity (Wildman–Crippen MR) is 115 cm³/mol. The number of aromatic nitrogens is 2. The van der Waals surface area contributed by atoms with Crippen LogP contribution in [0.4, 0.5) is 5.69 Å². The van der Waals surface area contributed by atoms with E-state index in [-0.39, 0.29) is 29.5 Å². The number of imidazole rings is 1. The Bertz CT molecular complexity index is 1050. The van der Waals surface area contributed by atoms with E-state index in [0.29, 0.717) is 18.6 Å². The number of benzene rings is 1. The van der Waals surface area contributed by atoms with Gasteiger partial charge in [0.05, 0.1) is 11.4 Å². The lowest BCUT2D eigenvalue weighted by Crippen LogP contribution is -2.23. The first-order chi connectivity index (χ1) is 14.3. The SMILES string of the molecule is Cc1nc(S(=O)(=O)CCOc2ccc3c(c2)CCC(=O)N3)n(C2CCCCC2)c1C. The van der Waals surface area contributed by atoms with Crippen LogP contribution >= 0.6 is 0 Å². The Balaban J connectivity index is 1.46. The van der Waals surface area contributed by atoms with Crippen LogP contribution in [0.5, 0.6) is 5.75 Å². The first kappa shape index (κ1) is 20.9. The van der Waals surface area contributed by atoms with Crippen LogP contribution in [0.25, 0.3) is 0 Å². The highest BCUT2D eigenvalue weighted by molar-refractivity contribution is 7.91. The maximum Gasteiger partial charge on any atom is 0.228 e. The molecular formula is C22H29N3O4S. The molecule has 1 aliphatic carbocycles. The third kappa shape index (κ3) is 4.24. The number of nitrogens with zero attached hydrogens (tertiary/aromatic N) is 2. The lowest BCUT2D eigenvalue weighted by Gasteiger charge is -2.26. The summed E-state index contributed by atoms with van der Waals surface area (Å²) >= 11 is 0. The van der Waals surface area contributed by atoms with E-state index in [2.05, 4.69) is 10.3 Å². The molecule has 0 bridgehead atoms. The van der Waals surface area contributed by atoms with E-state index >= 15 is 0 Å². The van der Waals surface area contributed by atoms with Gasteiger partial charge in [0.2, 0.25) is 20.9 Å². The van der Waals surface area contributed by atoms with Crippen LogP contribution in [0, 0.1) is 13.8 Å². The quantitative estimate of drug-likeness (QED) is 0.752. The van der Waals surface area contributed by atoms with Gasteiger partial charge in [-0.05, 0) is 56.9 Å². The minimum atomic E-state index is -3.57. The van der Waals surface area contributed by atoms with Gasteiger partial charge in [0.25, 0.3) is 0 Å². The highest BCUT2D eigenvalue weighted by Crippen LogP contribution is 2.33. The Morgan fingerprint density at radius 2 is 1.93 bits per heavy atom. The molecule has 2 aromatic rings. The number of hydrogen-bond acceptors (Lipinski definition) is 5. The van der Waals surface area contributed by atoms with Crippen LogP contribution in [0.3, 0.4) is 0 Å². The van der Waals surface area contributed by atoms with Crippen LogP contribution < -0.4 is 10.1 Å². The van der Waals surface area contributed by atoms with E-state index in [0.717, 1.165) is 48.3 Å². The van der Waals surface area contributed by atoms with Gasteiger partial charge in [-0.15, -0.1) is 0 Å². The topological polar surface area (TPSA) is 90.3 Å². The van der Waals surface area contributed by atoms with Crippen molar-refractivity contribution in [2.45, 2.75) is 70.0 Å². The molecule has 1 aliphatic heterocycles. The third-order valence-corrected chi connectivity index (χ3v) is 7.71. The van der Waals surface area contributed by atoms with Gasteiger partial charge in [-0.3, -0.25) is 4.79 Å². The van der Waals surface area contributed by atoms with Gasteiger partial charge in [-0.2, -0.15) is 0 Å². The summed E-state index contributed by atoms with van der Waals surface area (Å²) in [4.78, 5) is 15.9. The molecule has 4 rings (SSSR count). The molecule has 1 aromatic heterocycles. The van der Waals surface area contributed by atoms with Gasteiger partial charge in [-0.1, -0.05) is 19.3 Å². The Labute approximate surface area is 177 Å². The first-order valence-corrected chi connectivity index (χ1v) is 12.3. The second-order valence-electron chi connectivity index (χ2n) is 8.26. The molecule has 30 heavy (non-hydrogen) atoms. The van der Waals surface area contributed by atoms with Gasteiger partial charge in [0.1, 0.15) is 12.4 Å². The van der Waals surface area contributed by atoms with Crippen molar-refractivity contribution in [3.8, 4) is 5.75 Å². The van der Waals surface area contributed by atoms with E-state index in [9.17, 15) is 13.2 Å². The van der Waals surface area contributed by atoms with E-state index < -0.39 is 9.84 Å². The molecule has 0 radical (unpaired) electrons. The van der Waals surface area contributed by atoms with Crippen molar-refractivity contribution in [2.75, 3.05) is 17.7 Å². The highest BCUT2D eigenvalue weighted by Gasteiger charge is 2.29. The lowest BCUT2D eigenvalue weighted by atomic mass is 9.95. The molecule has 1 saturated carbocycles. The highest BCUT2D eigenvalue weighted by atomic mass is 32.2. The van der Waals surface area contributed by atoms with Crippen molar-refractivity contribution in [1.82, 2.24) is 9.55 Å². The van der Waals surface area contributed by atoms with Crippen molar-refractivity contribution in [3.63, 3.8) is 0 Å². The zero-order valence-electron chi connectivity index (χ0n) is 17.6. The van der Waals surface area contributed by atoms with Crippen molar-refractivity contribution < 1.29 is 17.9 Å². The number of nitrogens with one attached hydrogen (secondary N) is 1. The van der Waals surface area contributed by atoms with Crippen molar-refractivity contribution in [1.29, 1.82) is 0 Å². The van der Waals surface area contributed by atoms with Crippen molar-refractivity contribution in [2.24, 2.45) is 0 Å². The number of fused-ring (bicyclic) bond motifs is 1. The van der Waals surface area contributed by atoms with Crippen LogP contribution in [-0.4, -0.2) is 36.2 Å². The summed E-state index contributed by atoms with van der Waals surface area (Å²) in [7, 11) is -3.57. The van der Waals surface area contributed by atoms with Gasteiger partial charge in [0.15, 0.2) is 0 Å². The van der Waals surface area contributed by atoms with E-state index in [1.54, 1.807) is 12.1 Å². The first-order valence-electron chi connectivity index (χ1n) is 10.7. The Hall–Kier alpha value is -2.35. The minimum Gasteiger partial charge on any atom is -0.493 e. The summed E-state index contributed by atoms with van der Waals surface area (Å²) < 4.78 is 33.9. The third-order valence-electron chi connectivity index (χ3n) is 6.17. The van der Waals surface area contributed by atoms with Gasteiger partial charge in [-0.25, -0.2) is 13.4 Å². The molecule has 1 aromatic carbocycles. The molecule has 8 heteroatoms. The summed E-state index contributed by atoms with van der Waals surface area (Å²) in [5.74, 6) is 0.507. The number of carbonyl (C=O) groups is 1. The minimum absolute atomic E-state index is 0.0151. The molecule has 0 saturated heterocycles. The van der Waals surface area contributed by atoms with Gasteiger partial charge >= 0.3 is 0 Å². The summed E-state index contributed by atoms with van der Waals surface area (Å²) in [6.07, 6.45) is 6.58. The number of aryl methyl sites for hydroxylation is 2. The summed E-state index contributed by atoms with van der Waals surface area (Å²) in [6.45, 7) is 3.89. The molecule has 0 atom stereocenters. The Kier molecular flexibility index (Phi) is 5.86. The molecule has 1 N–H and O–H groups in total. The molecular weight excluding hydrogens is 402 g/mol. The lowest BCUT2D eigenvalue weighted by molar-refractivity contribution is -0.116. The number of hydrogen-bond donors (Lipinski definition) is 1. The summed E-state index contributed by atoms with van der Waals surface area (Å²) in [5.41, 5.74) is 3.52. The van der Waals surface area contributed by atoms with Gasteiger partial charge < -0.3 is 14.6 Å². The average Bonchev–Trinajstić information content (AvgIpc) is 3.04. The Morgan fingerprint density at radius 1 is 1.17 bits per heavy atom. The molecule has 0 spiro atoms. The predicted octanol–water partition coefficient (Wildman–Crippen LogP) is 3.74. The second kappa shape index (κ2) is 8.41. The van der Waals surface area contributed by atoms with E-state index in [1.165, 1.54) is 6.42 Å². The Morgan fingerprint density at radius 3 is 2.70 bits per heavy atom. The number of amides is 1. The molecule has 1 amide bonds. The largest absolute Gasteiger partial charge is 0.493 e. The standard InChI is InChI=1S/C22H29N3O4S/c1-15-16(2)25(18-6-4-3-5-7-18)22(23-15)30(27,28)13-12-29-19-9-10-20-17(14-19)8-11-21(26)24-20/h9-10,14,18H,3-8,11-13H2,1-2H3,(H,24,26). The summed E-state index contributed by atoms with van der Waals surface area (Å²) in [5, 5.41) is 3.01. The number of rotatable bonds is 6. The maximum absolute atomic E-state index is 13.1. The molecule has 162 valence electrons. The molecule has 0 unspecified atom stereocenters. The number of ether oxygens (including phenoxy) is 1. The van der Waals surface area contributed by atoms with E-state index in [4.69, 9.17) is 4.74 Å².